The smallest absolute Gasteiger partial charge is 0.119 e. The van der Waals surface area contributed by atoms with E-state index in [-0.39, 0.29) is 12.1 Å². The molecule has 0 saturated carbocycles. The number of hydrogen-bond donors (Lipinski definition) is 2. The third-order valence-electron chi connectivity index (χ3n) is 2.60. The van der Waals surface area contributed by atoms with Gasteiger partial charge in [-0.05, 0) is 38.6 Å². The quantitative estimate of drug-likeness (QED) is 0.764. The zero-order chi connectivity index (χ0) is 13.5. The summed E-state index contributed by atoms with van der Waals surface area (Å²) in [5.74, 6) is 0.912. The van der Waals surface area contributed by atoms with E-state index >= 15 is 0 Å². The maximum Gasteiger partial charge on any atom is 0.119 e. The van der Waals surface area contributed by atoms with Crippen molar-refractivity contribution in [1.29, 1.82) is 0 Å². The molecule has 0 aliphatic carbocycles. The standard InChI is InChI=1S/C14H25N3O/c1-11(2)18-14-6-4-12(5-7-14)9-17(3)10-13(16)8-15/h4-7,11,13H,8-10,15-16H2,1-3H3. The van der Waals surface area contributed by atoms with Crippen LogP contribution in [0.2, 0.25) is 0 Å². The molecule has 0 aromatic heterocycles. The van der Waals surface area contributed by atoms with Crippen molar-refractivity contribution in [2.24, 2.45) is 11.5 Å². The molecule has 0 heterocycles. The Morgan fingerprint density at radius 1 is 1.22 bits per heavy atom. The Balaban J connectivity index is 2.47. The van der Waals surface area contributed by atoms with Gasteiger partial charge in [-0.15, -0.1) is 0 Å². The molecule has 0 fully saturated rings. The topological polar surface area (TPSA) is 64.5 Å². The van der Waals surface area contributed by atoms with Gasteiger partial charge in [0.1, 0.15) is 5.75 Å². The number of nitrogens with two attached hydrogens (primary N) is 2. The molecule has 1 rings (SSSR count). The summed E-state index contributed by atoms with van der Waals surface area (Å²) in [5.41, 5.74) is 12.6. The molecule has 0 saturated heterocycles. The molecule has 102 valence electrons. The second-order valence-corrected chi connectivity index (χ2v) is 5.00. The van der Waals surface area contributed by atoms with Crippen molar-refractivity contribution in [2.45, 2.75) is 32.5 Å². The lowest BCUT2D eigenvalue weighted by atomic mass is 10.2. The molecular weight excluding hydrogens is 226 g/mol. The van der Waals surface area contributed by atoms with Gasteiger partial charge in [-0.1, -0.05) is 12.1 Å². The summed E-state index contributed by atoms with van der Waals surface area (Å²) in [6.45, 7) is 6.24. The highest BCUT2D eigenvalue weighted by atomic mass is 16.5. The Bertz CT molecular complexity index is 337. The number of likely N-dealkylation sites (N-methyl/N-ethyl adjacent to an activating group) is 1. The molecule has 4 nitrogen and oxygen atoms in total. The maximum atomic E-state index is 5.82. The van der Waals surface area contributed by atoms with Crippen molar-refractivity contribution < 1.29 is 4.74 Å². The number of rotatable bonds is 7. The van der Waals surface area contributed by atoms with E-state index in [0.717, 1.165) is 18.8 Å². The minimum absolute atomic E-state index is 0.0403. The Morgan fingerprint density at radius 3 is 2.33 bits per heavy atom. The van der Waals surface area contributed by atoms with E-state index in [0.29, 0.717) is 6.54 Å². The largest absolute Gasteiger partial charge is 0.491 e. The van der Waals surface area contributed by atoms with Gasteiger partial charge in [0.15, 0.2) is 0 Å². The fourth-order valence-electron chi connectivity index (χ4n) is 1.80. The second kappa shape index (κ2) is 7.36. The van der Waals surface area contributed by atoms with E-state index in [1.54, 1.807) is 0 Å². The average Bonchev–Trinajstić information content (AvgIpc) is 2.30. The van der Waals surface area contributed by atoms with Crippen LogP contribution < -0.4 is 16.2 Å². The van der Waals surface area contributed by atoms with Gasteiger partial charge in [0, 0.05) is 25.7 Å². The molecule has 1 aromatic rings. The van der Waals surface area contributed by atoms with E-state index in [1.807, 2.05) is 33.0 Å². The first-order valence-electron chi connectivity index (χ1n) is 6.41. The summed E-state index contributed by atoms with van der Waals surface area (Å²) < 4.78 is 5.61. The van der Waals surface area contributed by atoms with Crippen LogP contribution in [0.4, 0.5) is 0 Å². The third-order valence-corrected chi connectivity index (χ3v) is 2.60. The Morgan fingerprint density at radius 2 is 1.83 bits per heavy atom. The lowest BCUT2D eigenvalue weighted by Crippen LogP contribution is -2.40. The number of hydrogen-bond acceptors (Lipinski definition) is 4. The highest BCUT2D eigenvalue weighted by molar-refractivity contribution is 5.27. The monoisotopic (exact) mass is 251 g/mol. The fourth-order valence-corrected chi connectivity index (χ4v) is 1.80. The first-order chi connectivity index (χ1) is 8.51. The predicted octanol–water partition coefficient (Wildman–Crippen LogP) is 1.19. The fraction of sp³-hybridized carbons (Fsp3) is 0.571. The maximum absolute atomic E-state index is 5.82. The van der Waals surface area contributed by atoms with Crippen molar-refractivity contribution in [1.82, 2.24) is 4.90 Å². The molecule has 1 unspecified atom stereocenters. The minimum atomic E-state index is 0.0403. The average molecular weight is 251 g/mol. The van der Waals surface area contributed by atoms with E-state index in [4.69, 9.17) is 16.2 Å². The molecule has 0 amide bonds. The van der Waals surface area contributed by atoms with Crippen LogP contribution in [0.15, 0.2) is 24.3 Å². The molecule has 1 aromatic carbocycles. The first kappa shape index (κ1) is 15.0. The van der Waals surface area contributed by atoms with Gasteiger partial charge in [-0.3, -0.25) is 0 Å². The van der Waals surface area contributed by atoms with Crippen molar-refractivity contribution in [3.05, 3.63) is 29.8 Å². The summed E-state index contributed by atoms with van der Waals surface area (Å²) in [4.78, 5) is 2.18. The second-order valence-electron chi connectivity index (χ2n) is 5.00. The molecule has 0 bridgehead atoms. The van der Waals surface area contributed by atoms with Crippen LogP contribution in [0.5, 0.6) is 5.75 Å². The Hall–Kier alpha value is -1.10. The van der Waals surface area contributed by atoms with Gasteiger partial charge in [-0.25, -0.2) is 0 Å². The summed E-state index contributed by atoms with van der Waals surface area (Å²) in [6, 6.07) is 8.22. The van der Waals surface area contributed by atoms with Crippen LogP contribution in [0.3, 0.4) is 0 Å². The van der Waals surface area contributed by atoms with Gasteiger partial charge >= 0.3 is 0 Å². The van der Waals surface area contributed by atoms with Crippen LogP contribution in [0.1, 0.15) is 19.4 Å². The van der Waals surface area contributed by atoms with Crippen LogP contribution >= 0.6 is 0 Å². The van der Waals surface area contributed by atoms with Gasteiger partial charge in [-0.2, -0.15) is 0 Å². The zero-order valence-electron chi connectivity index (χ0n) is 11.6. The van der Waals surface area contributed by atoms with Gasteiger partial charge in [0.2, 0.25) is 0 Å². The Kier molecular flexibility index (Phi) is 6.12. The van der Waals surface area contributed by atoms with Crippen molar-refractivity contribution >= 4 is 0 Å². The highest BCUT2D eigenvalue weighted by Crippen LogP contribution is 2.14. The van der Waals surface area contributed by atoms with E-state index in [1.165, 1.54) is 5.56 Å². The van der Waals surface area contributed by atoms with Crippen LogP contribution in [0, 0.1) is 0 Å². The summed E-state index contributed by atoms with van der Waals surface area (Å²) in [6.07, 6.45) is 0.209. The SMILES string of the molecule is CC(C)Oc1ccc(CN(C)CC(N)CN)cc1. The van der Waals surface area contributed by atoms with E-state index in [2.05, 4.69) is 17.0 Å². The highest BCUT2D eigenvalue weighted by Gasteiger charge is 2.06. The van der Waals surface area contributed by atoms with Crippen LogP contribution in [-0.4, -0.2) is 37.2 Å². The molecule has 0 aliphatic heterocycles. The van der Waals surface area contributed by atoms with Crippen molar-refractivity contribution in [3.8, 4) is 5.75 Å². The molecule has 0 spiro atoms. The van der Waals surface area contributed by atoms with Crippen LogP contribution in [0.25, 0.3) is 0 Å². The zero-order valence-corrected chi connectivity index (χ0v) is 11.6. The van der Waals surface area contributed by atoms with Crippen LogP contribution in [-0.2, 0) is 6.54 Å². The summed E-state index contributed by atoms with van der Waals surface area (Å²) >= 11 is 0. The van der Waals surface area contributed by atoms with Gasteiger partial charge in [0.05, 0.1) is 6.10 Å². The number of benzene rings is 1. The molecule has 18 heavy (non-hydrogen) atoms. The van der Waals surface area contributed by atoms with Gasteiger partial charge < -0.3 is 21.1 Å². The predicted molar refractivity (Wildman–Crippen MR) is 75.6 cm³/mol. The molecule has 0 radical (unpaired) electrons. The van der Waals surface area contributed by atoms with Crippen molar-refractivity contribution in [3.63, 3.8) is 0 Å². The molecule has 4 N–H and O–H groups in total. The summed E-state index contributed by atoms with van der Waals surface area (Å²) in [5, 5.41) is 0. The number of ether oxygens (including phenoxy) is 1. The van der Waals surface area contributed by atoms with E-state index < -0.39 is 0 Å². The molecule has 0 aliphatic rings. The molecular formula is C14H25N3O. The van der Waals surface area contributed by atoms with Gasteiger partial charge in [0.25, 0.3) is 0 Å². The van der Waals surface area contributed by atoms with Crippen molar-refractivity contribution in [2.75, 3.05) is 20.1 Å². The minimum Gasteiger partial charge on any atom is -0.491 e. The lowest BCUT2D eigenvalue weighted by Gasteiger charge is -2.20. The molecule has 4 heteroatoms. The number of nitrogens with zero attached hydrogens (tertiary/aromatic N) is 1. The first-order valence-corrected chi connectivity index (χ1v) is 6.41. The van der Waals surface area contributed by atoms with E-state index in [9.17, 15) is 0 Å². The Labute approximate surface area is 110 Å². The summed E-state index contributed by atoms with van der Waals surface area (Å²) in [7, 11) is 2.05. The molecule has 1 atom stereocenters. The lowest BCUT2D eigenvalue weighted by molar-refractivity contribution is 0.242. The normalized spacial score (nSPS) is 13.1. The third kappa shape index (κ3) is 5.49.